The van der Waals surface area contributed by atoms with Gasteiger partial charge in [-0.3, -0.25) is 0 Å². The quantitative estimate of drug-likeness (QED) is 0.751. The van der Waals surface area contributed by atoms with E-state index in [1.165, 1.54) is 37.7 Å². The molecule has 1 aliphatic carbocycles. The summed E-state index contributed by atoms with van der Waals surface area (Å²) in [7, 11) is 0. The Hall–Kier alpha value is -0.800. The molecule has 0 unspecified atom stereocenters. The largest absolute Gasteiger partial charge is 0.468 e. The van der Waals surface area contributed by atoms with Crippen molar-refractivity contribution in [2.45, 2.75) is 64.7 Å². The molecule has 3 heteroatoms. The van der Waals surface area contributed by atoms with Crippen molar-refractivity contribution in [2.75, 3.05) is 6.54 Å². The van der Waals surface area contributed by atoms with Crippen LogP contribution in [0.25, 0.3) is 0 Å². The van der Waals surface area contributed by atoms with Gasteiger partial charge in [0.05, 0.1) is 25.5 Å². The molecule has 0 spiro atoms. The standard InChI is InChI=1S/C15H25NO2/c1-2-9-16-11-15-13(8-10-17-15)12-18-14-6-4-3-5-7-14/h8,10,14,16H,2-7,9,11-12H2,1H3. The number of nitrogens with one attached hydrogen (secondary N) is 1. The fraction of sp³-hybridized carbons (Fsp3) is 0.733. The molecule has 1 aliphatic rings. The third-order valence-corrected chi connectivity index (χ3v) is 3.58. The SMILES string of the molecule is CCCNCc1occc1COC1CCCCC1. The van der Waals surface area contributed by atoms with Gasteiger partial charge in [0.15, 0.2) is 0 Å². The second-order valence-electron chi connectivity index (χ2n) is 5.12. The molecule has 0 bridgehead atoms. The van der Waals surface area contributed by atoms with E-state index in [2.05, 4.69) is 12.2 Å². The smallest absolute Gasteiger partial charge is 0.123 e. The maximum Gasteiger partial charge on any atom is 0.123 e. The maximum absolute atomic E-state index is 5.99. The Labute approximate surface area is 110 Å². The monoisotopic (exact) mass is 251 g/mol. The van der Waals surface area contributed by atoms with Gasteiger partial charge in [-0.1, -0.05) is 26.2 Å². The lowest BCUT2D eigenvalue weighted by atomic mass is 9.98. The van der Waals surface area contributed by atoms with Crippen LogP contribution in [0.1, 0.15) is 56.8 Å². The number of ether oxygens (including phenoxy) is 1. The van der Waals surface area contributed by atoms with Gasteiger partial charge in [0.1, 0.15) is 5.76 Å². The van der Waals surface area contributed by atoms with Crippen molar-refractivity contribution in [3.05, 3.63) is 23.7 Å². The Morgan fingerprint density at radius 2 is 2.17 bits per heavy atom. The zero-order valence-electron chi connectivity index (χ0n) is 11.4. The summed E-state index contributed by atoms with van der Waals surface area (Å²) in [6.45, 7) is 4.71. The van der Waals surface area contributed by atoms with Crippen molar-refractivity contribution in [2.24, 2.45) is 0 Å². The molecule has 3 nitrogen and oxygen atoms in total. The third kappa shape index (κ3) is 4.14. The predicted octanol–water partition coefficient (Wildman–Crippen LogP) is 3.63. The van der Waals surface area contributed by atoms with E-state index in [-0.39, 0.29) is 0 Å². The van der Waals surface area contributed by atoms with Gasteiger partial charge in [0.2, 0.25) is 0 Å². The summed E-state index contributed by atoms with van der Waals surface area (Å²) in [6.07, 6.45) is 9.84. The van der Waals surface area contributed by atoms with Crippen LogP contribution in [0.5, 0.6) is 0 Å². The van der Waals surface area contributed by atoms with Gasteiger partial charge in [0, 0.05) is 5.56 Å². The molecular formula is C15H25NO2. The molecule has 18 heavy (non-hydrogen) atoms. The average Bonchev–Trinajstić information content (AvgIpc) is 2.86. The zero-order valence-corrected chi connectivity index (χ0v) is 11.4. The van der Waals surface area contributed by atoms with Crippen LogP contribution in [0.2, 0.25) is 0 Å². The van der Waals surface area contributed by atoms with E-state index in [1.807, 2.05) is 6.07 Å². The molecule has 2 rings (SSSR count). The molecule has 0 saturated heterocycles. The van der Waals surface area contributed by atoms with E-state index in [0.29, 0.717) is 12.7 Å². The van der Waals surface area contributed by atoms with Crippen LogP contribution < -0.4 is 5.32 Å². The Balaban J connectivity index is 1.75. The van der Waals surface area contributed by atoms with Crippen molar-refractivity contribution in [1.82, 2.24) is 5.32 Å². The van der Waals surface area contributed by atoms with Crippen LogP contribution in [-0.4, -0.2) is 12.6 Å². The number of rotatable bonds is 7. The summed E-state index contributed by atoms with van der Waals surface area (Å²) in [6, 6.07) is 2.03. The summed E-state index contributed by atoms with van der Waals surface area (Å²) < 4.78 is 11.5. The molecule has 1 aromatic heterocycles. The van der Waals surface area contributed by atoms with Gasteiger partial charge in [0.25, 0.3) is 0 Å². The molecule has 102 valence electrons. The van der Waals surface area contributed by atoms with Crippen LogP contribution in [0.15, 0.2) is 16.7 Å². The lowest BCUT2D eigenvalue weighted by molar-refractivity contribution is 0.0162. The first-order valence-electron chi connectivity index (χ1n) is 7.27. The van der Waals surface area contributed by atoms with Crippen molar-refractivity contribution >= 4 is 0 Å². The van der Waals surface area contributed by atoms with E-state index in [1.54, 1.807) is 6.26 Å². The molecule has 1 aromatic rings. The Morgan fingerprint density at radius 3 is 2.94 bits per heavy atom. The number of furan rings is 1. The fourth-order valence-electron chi connectivity index (χ4n) is 2.47. The predicted molar refractivity (Wildman–Crippen MR) is 72.4 cm³/mol. The molecule has 1 heterocycles. The molecular weight excluding hydrogens is 226 g/mol. The summed E-state index contributed by atoms with van der Waals surface area (Å²) in [5.41, 5.74) is 1.20. The van der Waals surface area contributed by atoms with Gasteiger partial charge < -0.3 is 14.5 Å². The second-order valence-corrected chi connectivity index (χ2v) is 5.12. The van der Waals surface area contributed by atoms with E-state index >= 15 is 0 Å². The molecule has 0 atom stereocenters. The highest BCUT2D eigenvalue weighted by molar-refractivity contribution is 5.15. The molecule has 0 aromatic carbocycles. The minimum atomic E-state index is 0.463. The van der Waals surface area contributed by atoms with Gasteiger partial charge in [-0.15, -0.1) is 0 Å². The Bertz CT molecular complexity index is 329. The van der Waals surface area contributed by atoms with E-state index in [0.717, 1.165) is 25.3 Å². The number of hydrogen-bond acceptors (Lipinski definition) is 3. The van der Waals surface area contributed by atoms with Gasteiger partial charge in [-0.2, -0.15) is 0 Å². The lowest BCUT2D eigenvalue weighted by Gasteiger charge is -2.21. The highest BCUT2D eigenvalue weighted by Gasteiger charge is 2.15. The van der Waals surface area contributed by atoms with Crippen LogP contribution >= 0.6 is 0 Å². The van der Waals surface area contributed by atoms with Crippen molar-refractivity contribution in [3.63, 3.8) is 0 Å². The summed E-state index contributed by atoms with van der Waals surface area (Å²) in [4.78, 5) is 0. The summed E-state index contributed by atoms with van der Waals surface area (Å²) in [5, 5.41) is 3.37. The molecule has 1 N–H and O–H groups in total. The van der Waals surface area contributed by atoms with E-state index in [4.69, 9.17) is 9.15 Å². The Morgan fingerprint density at radius 1 is 1.33 bits per heavy atom. The molecule has 1 saturated carbocycles. The molecule has 1 fully saturated rings. The van der Waals surface area contributed by atoms with Crippen molar-refractivity contribution in [1.29, 1.82) is 0 Å². The van der Waals surface area contributed by atoms with Gasteiger partial charge in [-0.05, 0) is 31.9 Å². The molecule has 0 radical (unpaired) electrons. The van der Waals surface area contributed by atoms with Crippen molar-refractivity contribution in [3.8, 4) is 0 Å². The maximum atomic E-state index is 5.99. The molecule has 0 amide bonds. The van der Waals surface area contributed by atoms with Gasteiger partial charge >= 0.3 is 0 Å². The highest BCUT2D eigenvalue weighted by Crippen LogP contribution is 2.22. The van der Waals surface area contributed by atoms with E-state index < -0.39 is 0 Å². The average molecular weight is 251 g/mol. The first kappa shape index (κ1) is 13.6. The summed E-state index contributed by atoms with van der Waals surface area (Å²) >= 11 is 0. The lowest BCUT2D eigenvalue weighted by Crippen LogP contribution is -2.17. The summed E-state index contributed by atoms with van der Waals surface area (Å²) in [5.74, 6) is 1.03. The minimum absolute atomic E-state index is 0.463. The topological polar surface area (TPSA) is 34.4 Å². The Kier molecular flexibility index (Phi) is 5.75. The fourth-order valence-corrected chi connectivity index (χ4v) is 2.47. The van der Waals surface area contributed by atoms with Crippen LogP contribution in [0.4, 0.5) is 0 Å². The van der Waals surface area contributed by atoms with Gasteiger partial charge in [-0.25, -0.2) is 0 Å². The van der Waals surface area contributed by atoms with Crippen LogP contribution in [0, 0.1) is 0 Å². The van der Waals surface area contributed by atoms with Crippen molar-refractivity contribution < 1.29 is 9.15 Å². The minimum Gasteiger partial charge on any atom is -0.468 e. The zero-order chi connectivity index (χ0) is 12.6. The van der Waals surface area contributed by atoms with Crippen LogP contribution in [-0.2, 0) is 17.9 Å². The third-order valence-electron chi connectivity index (χ3n) is 3.58. The second kappa shape index (κ2) is 7.59. The normalized spacial score (nSPS) is 17.2. The number of hydrogen-bond donors (Lipinski definition) is 1. The highest BCUT2D eigenvalue weighted by atomic mass is 16.5. The molecule has 0 aliphatic heterocycles. The van der Waals surface area contributed by atoms with Crippen LogP contribution in [0.3, 0.4) is 0 Å². The first-order chi connectivity index (χ1) is 8.90. The van der Waals surface area contributed by atoms with E-state index in [9.17, 15) is 0 Å². The first-order valence-corrected chi connectivity index (χ1v) is 7.27.